The van der Waals surface area contributed by atoms with Crippen molar-refractivity contribution in [3.8, 4) is 0 Å². The number of carbonyl (C=O) groups is 4. The monoisotopic (exact) mass is 366 g/mol. The first kappa shape index (κ1) is 24.3. The van der Waals surface area contributed by atoms with E-state index in [1.54, 1.807) is 0 Å². The van der Waals surface area contributed by atoms with Gasteiger partial charge < -0.3 is 42.7 Å². The fraction of sp³-hybridized carbons (Fsp3) is 0.583. The minimum absolute atomic E-state index is 0.0129. The molecule has 144 valence electrons. The fourth-order valence-electron chi connectivity index (χ4n) is 1.34. The lowest BCUT2D eigenvalue weighted by atomic mass is 9.99. The van der Waals surface area contributed by atoms with Gasteiger partial charge in [-0.05, 0) is 12.8 Å². The zero-order valence-electron chi connectivity index (χ0n) is 13.1. The molecule has 2 unspecified atom stereocenters. The zero-order chi connectivity index (χ0) is 20.2. The van der Waals surface area contributed by atoms with Crippen LogP contribution in [0.4, 0.5) is 0 Å². The van der Waals surface area contributed by atoms with Gasteiger partial charge in [-0.3, -0.25) is 19.4 Å². The highest BCUT2D eigenvalue weighted by Crippen LogP contribution is 2.09. The van der Waals surface area contributed by atoms with Gasteiger partial charge in [-0.25, -0.2) is 4.79 Å². The molecule has 0 spiro atoms. The smallest absolute Gasteiger partial charge is 0.333 e. The summed E-state index contributed by atoms with van der Waals surface area (Å²) in [6, 6.07) is -0.820. The van der Waals surface area contributed by atoms with E-state index in [0.717, 1.165) is 0 Å². The van der Waals surface area contributed by atoms with Gasteiger partial charge in [0.2, 0.25) is 0 Å². The third kappa shape index (κ3) is 13.2. The van der Waals surface area contributed by atoms with Crippen molar-refractivity contribution >= 4 is 29.8 Å². The Balaban J connectivity index is 0. The average molecular weight is 366 g/mol. The van der Waals surface area contributed by atoms with Gasteiger partial charge >= 0.3 is 23.9 Å². The summed E-state index contributed by atoms with van der Waals surface area (Å²) in [5.74, 6) is -7.70. The van der Waals surface area contributed by atoms with Crippen LogP contribution in [-0.4, -0.2) is 74.1 Å². The molecule has 0 aromatic carbocycles. The van der Waals surface area contributed by atoms with Gasteiger partial charge in [-0.15, -0.1) is 0 Å². The first-order chi connectivity index (χ1) is 11.4. The molecule has 0 bridgehead atoms. The maximum Gasteiger partial charge on any atom is 0.333 e. The Bertz CT molecular complexity index is 505. The van der Waals surface area contributed by atoms with E-state index in [1.807, 2.05) is 0 Å². The molecule has 0 fully saturated rings. The largest absolute Gasteiger partial charge is 0.481 e. The van der Waals surface area contributed by atoms with Gasteiger partial charge in [0.25, 0.3) is 0 Å². The first-order valence-electron chi connectivity index (χ1n) is 6.79. The number of hydrogen-bond donors (Lipinski definition) is 8. The van der Waals surface area contributed by atoms with E-state index >= 15 is 0 Å². The second-order valence-corrected chi connectivity index (χ2v) is 4.72. The third-order valence-corrected chi connectivity index (χ3v) is 2.63. The highest BCUT2D eigenvalue weighted by Gasteiger charge is 2.33. The molecule has 0 aliphatic carbocycles. The van der Waals surface area contributed by atoms with Crippen molar-refractivity contribution in [3.63, 3.8) is 0 Å². The standard InChI is InChI=1S/C6H14N4O2.C6H8O7/c7-4(5(11)12)2-1-3-10-6(8)9;7-3(8)1-2(5(10)11)4(9)6(12)13/h4H,1-3,7H2,(H,11,12)(H4,8,9,10);2,4,9H,1H2,(H,7,8)(H,10,11)(H,12,13)/t4-;/m0./s1. The predicted octanol–water partition coefficient (Wildman–Crippen LogP) is -2.94. The number of rotatable bonds is 10. The summed E-state index contributed by atoms with van der Waals surface area (Å²) in [4.78, 5) is 44.4. The van der Waals surface area contributed by atoms with Crippen molar-refractivity contribution < 1.29 is 44.7 Å². The normalized spacial score (nSPS) is 13.4. The minimum atomic E-state index is -2.20. The van der Waals surface area contributed by atoms with Crippen LogP contribution in [0.2, 0.25) is 0 Å². The third-order valence-electron chi connectivity index (χ3n) is 2.63. The topological polar surface area (TPSA) is 260 Å². The van der Waals surface area contributed by atoms with Crippen LogP contribution < -0.4 is 17.2 Å². The number of aliphatic hydroxyl groups is 1. The molecule has 0 radical (unpaired) electrons. The van der Waals surface area contributed by atoms with Crippen molar-refractivity contribution in [2.45, 2.75) is 31.4 Å². The highest BCUT2D eigenvalue weighted by molar-refractivity contribution is 5.85. The molecule has 0 heterocycles. The van der Waals surface area contributed by atoms with Crippen LogP contribution in [0.3, 0.4) is 0 Å². The summed E-state index contributed by atoms with van der Waals surface area (Å²) in [7, 11) is 0. The van der Waals surface area contributed by atoms with E-state index in [-0.39, 0.29) is 5.96 Å². The molecule has 0 saturated carbocycles. The van der Waals surface area contributed by atoms with E-state index in [4.69, 9.17) is 42.7 Å². The van der Waals surface area contributed by atoms with Gasteiger partial charge in [0.05, 0.1) is 6.42 Å². The number of carboxylic acid groups (broad SMARTS) is 4. The molecule has 11 N–H and O–H groups in total. The molecule has 0 aromatic rings. The number of aliphatic imine (C=N–C) groups is 1. The molecule has 0 aromatic heterocycles. The van der Waals surface area contributed by atoms with Crippen LogP contribution >= 0.6 is 0 Å². The number of nitrogens with two attached hydrogens (primary N) is 3. The SMILES string of the molecule is NC(N)=NCCC[C@H](N)C(=O)O.O=C(O)CC(C(=O)O)C(O)C(=O)O. The van der Waals surface area contributed by atoms with Crippen LogP contribution in [0.15, 0.2) is 4.99 Å². The Morgan fingerprint density at radius 2 is 1.44 bits per heavy atom. The number of aliphatic hydroxyl groups excluding tert-OH is 1. The summed E-state index contributed by atoms with van der Waals surface area (Å²) >= 11 is 0. The molecule has 3 atom stereocenters. The van der Waals surface area contributed by atoms with Crippen LogP contribution in [0, 0.1) is 5.92 Å². The van der Waals surface area contributed by atoms with Crippen LogP contribution in [-0.2, 0) is 19.2 Å². The Morgan fingerprint density at radius 3 is 1.76 bits per heavy atom. The van der Waals surface area contributed by atoms with Crippen molar-refractivity contribution in [1.29, 1.82) is 0 Å². The molecule has 13 nitrogen and oxygen atoms in total. The summed E-state index contributed by atoms with van der Waals surface area (Å²) in [5.41, 5.74) is 15.3. The lowest BCUT2D eigenvalue weighted by molar-refractivity contribution is -0.162. The van der Waals surface area contributed by atoms with E-state index < -0.39 is 48.4 Å². The van der Waals surface area contributed by atoms with E-state index in [1.165, 1.54) is 0 Å². The maximum absolute atomic E-state index is 10.3. The molecule has 0 aliphatic heterocycles. The predicted molar refractivity (Wildman–Crippen MR) is 82.5 cm³/mol. The van der Waals surface area contributed by atoms with Crippen LogP contribution in [0.25, 0.3) is 0 Å². The quantitative estimate of drug-likeness (QED) is 0.110. The van der Waals surface area contributed by atoms with Crippen molar-refractivity contribution in [3.05, 3.63) is 0 Å². The van der Waals surface area contributed by atoms with Gasteiger partial charge in [0, 0.05) is 6.54 Å². The van der Waals surface area contributed by atoms with Gasteiger partial charge in [-0.1, -0.05) is 0 Å². The molecule has 0 amide bonds. The number of hydrogen-bond acceptors (Lipinski definition) is 7. The van der Waals surface area contributed by atoms with Gasteiger partial charge in [0.1, 0.15) is 12.0 Å². The Kier molecular flexibility index (Phi) is 12.1. The van der Waals surface area contributed by atoms with Gasteiger partial charge in [-0.2, -0.15) is 0 Å². The Labute approximate surface area is 141 Å². The molecule has 13 heteroatoms. The summed E-state index contributed by atoms with van der Waals surface area (Å²) in [5, 5.41) is 41.9. The molecule has 0 saturated heterocycles. The Morgan fingerprint density at radius 1 is 0.920 bits per heavy atom. The minimum Gasteiger partial charge on any atom is -0.481 e. The second-order valence-electron chi connectivity index (χ2n) is 4.72. The van der Waals surface area contributed by atoms with Crippen molar-refractivity contribution in [2.75, 3.05) is 6.54 Å². The summed E-state index contributed by atoms with van der Waals surface area (Å²) < 4.78 is 0. The van der Waals surface area contributed by atoms with Crippen LogP contribution in [0.5, 0.6) is 0 Å². The van der Waals surface area contributed by atoms with Crippen LogP contribution in [0.1, 0.15) is 19.3 Å². The van der Waals surface area contributed by atoms with E-state index in [9.17, 15) is 19.2 Å². The lowest BCUT2D eigenvalue weighted by Gasteiger charge is -2.12. The van der Waals surface area contributed by atoms with E-state index in [0.29, 0.717) is 19.4 Å². The average Bonchev–Trinajstić information content (AvgIpc) is 2.48. The maximum atomic E-state index is 10.3. The summed E-state index contributed by atoms with van der Waals surface area (Å²) in [6.07, 6.45) is -2.17. The van der Waals surface area contributed by atoms with Crippen molar-refractivity contribution in [1.82, 2.24) is 0 Å². The molecule has 0 aliphatic rings. The summed E-state index contributed by atoms with van der Waals surface area (Å²) in [6.45, 7) is 0.420. The zero-order valence-corrected chi connectivity index (χ0v) is 13.1. The number of nitrogens with zero attached hydrogens (tertiary/aromatic N) is 1. The van der Waals surface area contributed by atoms with Crippen molar-refractivity contribution in [2.24, 2.45) is 28.1 Å². The fourth-order valence-corrected chi connectivity index (χ4v) is 1.34. The van der Waals surface area contributed by atoms with Gasteiger partial charge in [0.15, 0.2) is 12.1 Å². The molecular formula is C12H22N4O9. The number of aliphatic carboxylic acids is 4. The number of guanidine groups is 1. The Hall–Kier alpha value is -2.93. The number of carboxylic acids is 4. The highest BCUT2D eigenvalue weighted by atomic mass is 16.4. The molecule has 0 rings (SSSR count). The van der Waals surface area contributed by atoms with E-state index in [2.05, 4.69) is 4.99 Å². The molecular weight excluding hydrogens is 344 g/mol. The lowest BCUT2D eigenvalue weighted by Crippen LogP contribution is -2.36. The first-order valence-corrected chi connectivity index (χ1v) is 6.79. The second kappa shape index (κ2) is 12.5. The molecule has 25 heavy (non-hydrogen) atoms.